The van der Waals surface area contributed by atoms with Crippen molar-refractivity contribution in [2.75, 3.05) is 0 Å². The summed E-state index contributed by atoms with van der Waals surface area (Å²) < 4.78 is 0. The molecule has 0 aliphatic rings. The molecule has 0 bridgehead atoms. The van der Waals surface area contributed by atoms with E-state index in [9.17, 15) is 9.90 Å². The summed E-state index contributed by atoms with van der Waals surface area (Å²) in [6, 6.07) is 8.38. The molecule has 0 fully saturated rings. The van der Waals surface area contributed by atoms with Crippen molar-refractivity contribution in [3.63, 3.8) is 0 Å². The van der Waals surface area contributed by atoms with E-state index in [4.69, 9.17) is 5.26 Å². The molecular weight excluding hydrogens is 218 g/mol. The first-order valence-electron chi connectivity index (χ1n) is 4.87. The second-order valence-electron chi connectivity index (χ2n) is 3.35. The van der Waals surface area contributed by atoms with Crippen LogP contribution in [0.2, 0.25) is 0 Å². The number of allylic oxidation sites excluding steroid dienone is 2. The minimum atomic E-state index is -0.359. The summed E-state index contributed by atoms with van der Waals surface area (Å²) in [6.07, 6.45) is 0. The van der Waals surface area contributed by atoms with Crippen LogP contribution in [0.1, 0.15) is 19.4 Å². The fourth-order valence-electron chi connectivity index (χ4n) is 1.11. The van der Waals surface area contributed by atoms with Gasteiger partial charge in [0, 0.05) is 6.92 Å². The van der Waals surface area contributed by atoms with E-state index < -0.39 is 0 Å². The molecular formula is C12H11N3O2. The number of rotatable bonds is 3. The summed E-state index contributed by atoms with van der Waals surface area (Å²) in [5.41, 5.74) is 0.947. The number of benzene rings is 1. The molecule has 86 valence electrons. The monoisotopic (exact) mass is 229 g/mol. The molecule has 1 aromatic carbocycles. The summed E-state index contributed by atoms with van der Waals surface area (Å²) in [5, 5.41) is 25.3. The van der Waals surface area contributed by atoms with Crippen molar-refractivity contribution < 1.29 is 9.90 Å². The zero-order valence-corrected chi connectivity index (χ0v) is 9.51. The maximum absolute atomic E-state index is 11.1. The fraction of sp³-hybridized carbons (Fsp3) is 0.167. The molecule has 0 heterocycles. The lowest BCUT2D eigenvalue weighted by Gasteiger charge is -1.96. The van der Waals surface area contributed by atoms with Crippen molar-refractivity contribution in [3.05, 3.63) is 41.3 Å². The van der Waals surface area contributed by atoms with Crippen LogP contribution in [0.15, 0.2) is 46.0 Å². The molecule has 0 aliphatic carbocycles. The van der Waals surface area contributed by atoms with Gasteiger partial charge in [-0.3, -0.25) is 4.79 Å². The number of carbonyl (C=O) groups is 1. The van der Waals surface area contributed by atoms with Crippen LogP contribution >= 0.6 is 0 Å². The molecule has 0 unspecified atom stereocenters. The molecule has 0 radical (unpaired) electrons. The highest BCUT2D eigenvalue weighted by Gasteiger charge is 2.06. The maximum atomic E-state index is 11.1. The largest absolute Gasteiger partial charge is 0.510 e. The number of carbonyl (C=O) groups excluding carboxylic acids is 1. The van der Waals surface area contributed by atoms with Crippen LogP contribution < -0.4 is 0 Å². The van der Waals surface area contributed by atoms with Gasteiger partial charge in [0.1, 0.15) is 5.76 Å². The highest BCUT2D eigenvalue weighted by Crippen LogP contribution is 2.15. The lowest BCUT2D eigenvalue weighted by Crippen LogP contribution is -1.96. The molecule has 5 heteroatoms. The topological polar surface area (TPSA) is 85.8 Å². The lowest BCUT2D eigenvalue weighted by molar-refractivity contribution is -0.113. The molecule has 0 amide bonds. The SMILES string of the molecule is CC(=O)C(N=Nc1ccc(C#N)cc1)=C(C)O. The van der Waals surface area contributed by atoms with Gasteiger partial charge in [-0.05, 0) is 31.2 Å². The van der Waals surface area contributed by atoms with Gasteiger partial charge in [0.15, 0.2) is 11.5 Å². The zero-order chi connectivity index (χ0) is 12.8. The number of Topliss-reactive ketones (excluding diaryl/α,β-unsaturated/α-hetero) is 1. The van der Waals surface area contributed by atoms with Gasteiger partial charge in [-0.1, -0.05) is 0 Å². The minimum absolute atomic E-state index is 0.0747. The third-order valence-corrected chi connectivity index (χ3v) is 1.94. The maximum Gasteiger partial charge on any atom is 0.183 e. The van der Waals surface area contributed by atoms with Crippen LogP contribution in [0.5, 0.6) is 0 Å². The minimum Gasteiger partial charge on any atom is -0.510 e. The number of ketones is 1. The number of azo groups is 1. The van der Waals surface area contributed by atoms with E-state index >= 15 is 0 Å². The third kappa shape index (κ3) is 3.54. The van der Waals surface area contributed by atoms with Gasteiger partial charge in [0.05, 0.1) is 17.3 Å². The van der Waals surface area contributed by atoms with Gasteiger partial charge in [0.2, 0.25) is 0 Å². The van der Waals surface area contributed by atoms with E-state index in [0.717, 1.165) is 0 Å². The number of hydrogen-bond acceptors (Lipinski definition) is 5. The van der Waals surface area contributed by atoms with Crippen molar-refractivity contribution in [3.8, 4) is 6.07 Å². The Morgan fingerprint density at radius 3 is 2.29 bits per heavy atom. The summed E-state index contributed by atoms with van der Waals surface area (Å²) in [5.74, 6) is -0.530. The number of nitriles is 1. The Balaban J connectivity index is 2.94. The number of aliphatic hydroxyl groups excluding tert-OH is 1. The Kier molecular flexibility index (Phi) is 4.12. The number of nitrogens with zero attached hydrogens (tertiary/aromatic N) is 3. The first-order chi connectivity index (χ1) is 8.04. The molecule has 0 atom stereocenters. The van der Waals surface area contributed by atoms with Gasteiger partial charge in [-0.25, -0.2) is 0 Å². The molecule has 1 aromatic rings. The Morgan fingerprint density at radius 1 is 1.29 bits per heavy atom. The molecule has 17 heavy (non-hydrogen) atoms. The van der Waals surface area contributed by atoms with Crippen LogP contribution in [0.4, 0.5) is 5.69 Å². The van der Waals surface area contributed by atoms with Crippen LogP contribution in [-0.2, 0) is 4.79 Å². The summed E-state index contributed by atoms with van der Waals surface area (Å²) in [4.78, 5) is 11.1. The molecule has 0 aromatic heterocycles. The van der Waals surface area contributed by atoms with Gasteiger partial charge in [-0.15, -0.1) is 5.11 Å². The normalized spacial score (nSPS) is 12.1. The summed E-state index contributed by atoms with van der Waals surface area (Å²) in [6.45, 7) is 2.67. The molecule has 1 N–H and O–H groups in total. The molecule has 0 spiro atoms. The average molecular weight is 229 g/mol. The number of aliphatic hydroxyl groups is 1. The first kappa shape index (κ1) is 12.6. The Labute approximate surface area is 98.7 Å². The van der Waals surface area contributed by atoms with Gasteiger partial charge in [-0.2, -0.15) is 10.4 Å². The fourth-order valence-corrected chi connectivity index (χ4v) is 1.11. The Morgan fingerprint density at radius 2 is 1.88 bits per heavy atom. The Hall–Kier alpha value is -2.48. The van der Waals surface area contributed by atoms with Crippen molar-refractivity contribution in [2.45, 2.75) is 13.8 Å². The second kappa shape index (κ2) is 5.56. The van der Waals surface area contributed by atoms with Crippen LogP contribution in [0, 0.1) is 11.3 Å². The third-order valence-electron chi connectivity index (χ3n) is 1.94. The molecule has 0 saturated carbocycles. The summed E-state index contributed by atoms with van der Waals surface area (Å²) >= 11 is 0. The standard InChI is InChI=1S/C12H11N3O2/c1-8(16)12(9(2)17)15-14-11-5-3-10(7-13)4-6-11/h3-6,16H,1-2H3. The predicted octanol–water partition coefficient (Wildman–Crippen LogP) is 3.02. The number of hydrogen-bond donors (Lipinski definition) is 1. The van der Waals surface area contributed by atoms with E-state index in [1.54, 1.807) is 24.3 Å². The van der Waals surface area contributed by atoms with E-state index in [-0.39, 0.29) is 17.2 Å². The van der Waals surface area contributed by atoms with E-state index in [0.29, 0.717) is 11.3 Å². The van der Waals surface area contributed by atoms with E-state index in [2.05, 4.69) is 10.2 Å². The van der Waals surface area contributed by atoms with Crippen LogP contribution in [0.25, 0.3) is 0 Å². The molecule has 1 rings (SSSR count). The van der Waals surface area contributed by atoms with Crippen molar-refractivity contribution >= 4 is 11.5 Å². The first-order valence-corrected chi connectivity index (χ1v) is 4.87. The van der Waals surface area contributed by atoms with Crippen molar-refractivity contribution in [1.29, 1.82) is 5.26 Å². The lowest BCUT2D eigenvalue weighted by atomic mass is 10.2. The van der Waals surface area contributed by atoms with E-state index in [1.165, 1.54) is 13.8 Å². The summed E-state index contributed by atoms with van der Waals surface area (Å²) in [7, 11) is 0. The quantitative estimate of drug-likeness (QED) is 0.491. The van der Waals surface area contributed by atoms with E-state index in [1.807, 2.05) is 6.07 Å². The zero-order valence-electron chi connectivity index (χ0n) is 9.51. The van der Waals surface area contributed by atoms with Gasteiger partial charge in [0.25, 0.3) is 0 Å². The molecule has 0 saturated heterocycles. The Bertz CT molecular complexity index is 518. The smallest absolute Gasteiger partial charge is 0.183 e. The van der Waals surface area contributed by atoms with Crippen molar-refractivity contribution in [1.82, 2.24) is 0 Å². The van der Waals surface area contributed by atoms with Crippen molar-refractivity contribution in [2.24, 2.45) is 10.2 Å². The molecule has 0 aliphatic heterocycles. The molecule has 5 nitrogen and oxygen atoms in total. The predicted molar refractivity (Wildman–Crippen MR) is 61.7 cm³/mol. The highest BCUT2D eigenvalue weighted by molar-refractivity contribution is 5.93. The van der Waals surface area contributed by atoms with Gasteiger partial charge >= 0.3 is 0 Å². The average Bonchev–Trinajstić information content (AvgIpc) is 2.29. The van der Waals surface area contributed by atoms with Crippen LogP contribution in [0.3, 0.4) is 0 Å². The highest BCUT2D eigenvalue weighted by atomic mass is 16.3. The second-order valence-corrected chi connectivity index (χ2v) is 3.35. The van der Waals surface area contributed by atoms with Gasteiger partial charge < -0.3 is 5.11 Å². The van der Waals surface area contributed by atoms with Crippen LogP contribution in [-0.4, -0.2) is 10.9 Å².